The first kappa shape index (κ1) is 21.6. The predicted molar refractivity (Wildman–Crippen MR) is 97.1 cm³/mol. The molecule has 1 aliphatic rings. The van der Waals surface area contributed by atoms with Gasteiger partial charge >= 0.3 is 5.97 Å². The average molecular weight is 352 g/mol. The molecule has 5 nitrogen and oxygen atoms in total. The van der Waals surface area contributed by atoms with E-state index in [1.165, 1.54) is 6.08 Å². The minimum absolute atomic E-state index is 0.0339. The number of unbranched alkanes of at least 4 members (excludes halogenated alkanes) is 1. The van der Waals surface area contributed by atoms with Gasteiger partial charge in [-0.3, -0.25) is 4.79 Å². The van der Waals surface area contributed by atoms with Gasteiger partial charge in [0, 0.05) is 18.4 Å². The lowest BCUT2D eigenvalue weighted by atomic mass is 9.85. The van der Waals surface area contributed by atoms with Crippen molar-refractivity contribution in [1.82, 2.24) is 0 Å². The van der Waals surface area contributed by atoms with Gasteiger partial charge in [-0.1, -0.05) is 44.4 Å². The number of carbonyl (C=O) groups is 2. The third kappa shape index (κ3) is 8.45. The van der Waals surface area contributed by atoms with E-state index < -0.39 is 12.1 Å². The van der Waals surface area contributed by atoms with Crippen molar-refractivity contribution in [2.45, 2.75) is 76.9 Å². The number of carboxylic acid groups (broad SMARTS) is 1. The fourth-order valence-corrected chi connectivity index (χ4v) is 3.54. The van der Waals surface area contributed by atoms with Gasteiger partial charge in [-0.25, -0.2) is 4.79 Å². The number of ketones is 1. The van der Waals surface area contributed by atoms with Crippen molar-refractivity contribution in [3.05, 3.63) is 24.3 Å². The van der Waals surface area contributed by atoms with Crippen LogP contribution >= 0.6 is 0 Å². The lowest BCUT2D eigenvalue weighted by Gasteiger charge is -2.21. The van der Waals surface area contributed by atoms with Crippen LogP contribution in [0, 0.1) is 11.8 Å². The summed E-state index contributed by atoms with van der Waals surface area (Å²) in [6, 6.07) is 0. The van der Waals surface area contributed by atoms with Gasteiger partial charge in [0.05, 0.1) is 12.2 Å². The van der Waals surface area contributed by atoms with E-state index in [0.717, 1.165) is 38.2 Å². The van der Waals surface area contributed by atoms with Crippen LogP contribution in [0.4, 0.5) is 0 Å². The molecule has 5 heteroatoms. The molecule has 0 aromatic heterocycles. The van der Waals surface area contributed by atoms with Crippen LogP contribution < -0.4 is 0 Å². The van der Waals surface area contributed by atoms with Crippen LogP contribution in [0.15, 0.2) is 24.3 Å². The van der Waals surface area contributed by atoms with Crippen molar-refractivity contribution in [2.75, 3.05) is 0 Å². The monoisotopic (exact) mass is 352 g/mol. The van der Waals surface area contributed by atoms with Gasteiger partial charge in [0.15, 0.2) is 0 Å². The number of aliphatic hydroxyl groups is 2. The van der Waals surface area contributed by atoms with Crippen LogP contribution in [0.1, 0.15) is 64.7 Å². The zero-order valence-corrected chi connectivity index (χ0v) is 15.1. The van der Waals surface area contributed by atoms with Gasteiger partial charge in [-0.15, -0.1) is 0 Å². The molecule has 1 aliphatic carbocycles. The van der Waals surface area contributed by atoms with Crippen molar-refractivity contribution < 1.29 is 24.9 Å². The first-order valence-electron chi connectivity index (χ1n) is 9.40. The maximum atomic E-state index is 12.1. The zero-order valence-electron chi connectivity index (χ0n) is 15.1. The average Bonchev–Trinajstić information content (AvgIpc) is 2.82. The third-order valence-electron chi connectivity index (χ3n) is 4.93. The molecule has 4 atom stereocenters. The number of aliphatic carboxylic acids is 1. The van der Waals surface area contributed by atoms with Gasteiger partial charge in [-0.2, -0.15) is 0 Å². The SMILES string of the molecule is CCCCC(O)CCC[C@H]1C(=O)C[C@H](O)[C@@H]1CCC=CC=CC(=O)O. The molecule has 0 spiro atoms. The number of aliphatic hydroxyl groups excluding tert-OH is 2. The molecule has 0 saturated heterocycles. The van der Waals surface area contributed by atoms with Crippen molar-refractivity contribution >= 4 is 11.8 Å². The topological polar surface area (TPSA) is 94.8 Å². The second kappa shape index (κ2) is 12.0. The van der Waals surface area contributed by atoms with Crippen molar-refractivity contribution in [2.24, 2.45) is 11.8 Å². The molecule has 0 aromatic rings. The Bertz CT molecular complexity index is 469. The second-order valence-corrected chi connectivity index (χ2v) is 6.94. The molecule has 0 aromatic carbocycles. The molecular formula is C20H32O5. The highest BCUT2D eigenvalue weighted by Crippen LogP contribution is 2.36. The highest BCUT2D eigenvalue weighted by Gasteiger charge is 2.40. The Labute approximate surface area is 150 Å². The van der Waals surface area contributed by atoms with Gasteiger partial charge in [0.25, 0.3) is 0 Å². The molecule has 1 saturated carbocycles. The van der Waals surface area contributed by atoms with Crippen LogP contribution in [0.5, 0.6) is 0 Å². The molecular weight excluding hydrogens is 320 g/mol. The molecule has 0 amide bonds. The minimum Gasteiger partial charge on any atom is -0.478 e. The van der Waals surface area contributed by atoms with Crippen LogP contribution in [0.25, 0.3) is 0 Å². The quantitative estimate of drug-likeness (QED) is 0.370. The van der Waals surface area contributed by atoms with E-state index in [1.807, 2.05) is 6.08 Å². The molecule has 1 unspecified atom stereocenters. The summed E-state index contributed by atoms with van der Waals surface area (Å²) in [5.74, 6) is -0.998. The van der Waals surface area contributed by atoms with E-state index in [4.69, 9.17) is 5.11 Å². The number of Topliss-reactive ketones (excluding diaryl/α,β-unsaturated/α-hetero) is 1. The molecule has 0 radical (unpaired) electrons. The Hall–Kier alpha value is -1.46. The maximum absolute atomic E-state index is 12.1. The maximum Gasteiger partial charge on any atom is 0.328 e. The Morgan fingerprint density at radius 3 is 2.64 bits per heavy atom. The summed E-state index contributed by atoms with van der Waals surface area (Å²) < 4.78 is 0. The number of rotatable bonds is 12. The molecule has 142 valence electrons. The summed E-state index contributed by atoms with van der Waals surface area (Å²) in [5, 5.41) is 28.6. The van der Waals surface area contributed by atoms with Crippen LogP contribution in [-0.2, 0) is 9.59 Å². The third-order valence-corrected chi connectivity index (χ3v) is 4.93. The molecule has 1 fully saturated rings. The van der Waals surface area contributed by atoms with Crippen molar-refractivity contribution in [3.8, 4) is 0 Å². The number of hydrogen-bond donors (Lipinski definition) is 3. The van der Waals surface area contributed by atoms with E-state index in [-0.39, 0.29) is 30.1 Å². The zero-order chi connectivity index (χ0) is 18.7. The first-order valence-corrected chi connectivity index (χ1v) is 9.40. The number of carboxylic acids is 1. The van der Waals surface area contributed by atoms with Crippen LogP contribution in [0.3, 0.4) is 0 Å². The standard InChI is InChI=1S/C20H32O5/c1-2-3-9-15(21)10-8-12-17-16(18(22)14-19(17)23)11-6-4-5-7-13-20(24)25/h4-5,7,13,15-18,21-22H,2-3,6,8-12,14H2,1H3,(H,24,25)/t15?,16-,17-,18+/m1/s1. The van der Waals surface area contributed by atoms with Crippen molar-refractivity contribution in [1.29, 1.82) is 0 Å². The molecule has 3 N–H and O–H groups in total. The molecule has 25 heavy (non-hydrogen) atoms. The lowest BCUT2D eigenvalue weighted by Crippen LogP contribution is -2.21. The lowest BCUT2D eigenvalue weighted by molar-refractivity contribution is -0.131. The summed E-state index contributed by atoms with van der Waals surface area (Å²) in [5.41, 5.74) is 0. The summed E-state index contributed by atoms with van der Waals surface area (Å²) in [7, 11) is 0. The van der Waals surface area contributed by atoms with Gasteiger partial charge in [0.1, 0.15) is 5.78 Å². The molecule has 0 heterocycles. The van der Waals surface area contributed by atoms with E-state index in [9.17, 15) is 19.8 Å². The normalized spacial score (nSPS) is 25.2. The molecule has 0 bridgehead atoms. The van der Waals surface area contributed by atoms with Crippen molar-refractivity contribution in [3.63, 3.8) is 0 Å². The number of hydrogen-bond acceptors (Lipinski definition) is 4. The van der Waals surface area contributed by atoms with Gasteiger partial charge < -0.3 is 15.3 Å². The summed E-state index contributed by atoms with van der Waals surface area (Å²) in [6.45, 7) is 2.10. The number of carbonyl (C=O) groups excluding carboxylic acids is 1. The van der Waals surface area contributed by atoms with Crippen LogP contribution in [-0.4, -0.2) is 39.3 Å². The summed E-state index contributed by atoms with van der Waals surface area (Å²) in [4.78, 5) is 22.5. The Kier molecular flexibility index (Phi) is 10.3. The van der Waals surface area contributed by atoms with E-state index in [1.54, 1.807) is 6.08 Å². The smallest absolute Gasteiger partial charge is 0.328 e. The summed E-state index contributed by atoms with van der Waals surface area (Å²) in [6.07, 6.45) is 12.0. The van der Waals surface area contributed by atoms with Gasteiger partial charge in [-0.05, 0) is 38.0 Å². The largest absolute Gasteiger partial charge is 0.478 e. The fraction of sp³-hybridized carbons (Fsp3) is 0.700. The van der Waals surface area contributed by atoms with E-state index >= 15 is 0 Å². The highest BCUT2D eigenvalue weighted by molar-refractivity contribution is 5.84. The highest BCUT2D eigenvalue weighted by atomic mass is 16.4. The minimum atomic E-state index is -0.984. The van der Waals surface area contributed by atoms with Crippen LogP contribution in [0.2, 0.25) is 0 Å². The Morgan fingerprint density at radius 2 is 1.96 bits per heavy atom. The second-order valence-electron chi connectivity index (χ2n) is 6.94. The molecule has 0 aliphatic heterocycles. The Morgan fingerprint density at radius 1 is 1.24 bits per heavy atom. The molecule has 1 rings (SSSR count). The first-order chi connectivity index (χ1) is 12.0. The van der Waals surface area contributed by atoms with E-state index in [2.05, 4.69) is 6.92 Å². The van der Waals surface area contributed by atoms with E-state index in [0.29, 0.717) is 19.3 Å². The Balaban J connectivity index is 2.39. The fourth-order valence-electron chi connectivity index (χ4n) is 3.54. The van der Waals surface area contributed by atoms with Gasteiger partial charge in [0.2, 0.25) is 0 Å². The predicted octanol–water partition coefficient (Wildman–Crippen LogP) is 3.25. The number of allylic oxidation sites excluding steroid dienone is 3. The summed E-state index contributed by atoms with van der Waals surface area (Å²) >= 11 is 0.